The summed E-state index contributed by atoms with van der Waals surface area (Å²) in [5.74, 6) is 0.699. The molecule has 0 aromatic heterocycles. The van der Waals surface area contributed by atoms with E-state index in [1.165, 1.54) is 0 Å². The number of nitrogens with zero attached hydrogens (tertiary/aromatic N) is 1. The standard InChI is InChI=1S/C14H32N2O/c1-7-14(5,10-15-8-12(2)3)11-16(6)13(4)9-17/h12-13,15,17H,7-11H2,1-6H3. The van der Waals surface area contributed by atoms with E-state index in [1.54, 1.807) is 0 Å². The molecule has 0 saturated heterocycles. The fourth-order valence-corrected chi connectivity index (χ4v) is 1.85. The zero-order valence-corrected chi connectivity index (χ0v) is 12.6. The molecule has 0 heterocycles. The van der Waals surface area contributed by atoms with Crippen LogP contribution in [0.3, 0.4) is 0 Å². The number of aliphatic hydroxyl groups is 1. The van der Waals surface area contributed by atoms with Crippen LogP contribution in [0.25, 0.3) is 0 Å². The lowest BCUT2D eigenvalue weighted by Crippen LogP contribution is -2.45. The summed E-state index contributed by atoms with van der Waals surface area (Å²) in [6, 6.07) is 0.242. The van der Waals surface area contributed by atoms with Gasteiger partial charge in [-0.25, -0.2) is 0 Å². The molecule has 0 fully saturated rings. The van der Waals surface area contributed by atoms with E-state index in [0.717, 1.165) is 26.1 Å². The van der Waals surface area contributed by atoms with E-state index in [9.17, 15) is 0 Å². The molecule has 3 nitrogen and oxygen atoms in total. The zero-order valence-electron chi connectivity index (χ0n) is 12.6. The monoisotopic (exact) mass is 244 g/mol. The van der Waals surface area contributed by atoms with Gasteiger partial charge in [-0.2, -0.15) is 0 Å². The number of aliphatic hydroxyl groups excluding tert-OH is 1. The van der Waals surface area contributed by atoms with Gasteiger partial charge >= 0.3 is 0 Å². The van der Waals surface area contributed by atoms with Crippen molar-refractivity contribution in [2.24, 2.45) is 11.3 Å². The topological polar surface area (TPSA) is 35.5 Å². The Hall–Kier alpha value is -0.120. The normalized spacial score (nSPS) is 17.5. The van der Waals surface area contributed by atoms with Crippen LogP contribution >= 0.6 is 0 Å². The van der Waals surface area contributed by atoms with Gasteiger partial charge in [-0.3, -0.25) is 0 Å². The molecule has 0 aliphatic rings. The number of hydrogen-bond acceptors (Lipinski definition) is 3. The molecule has 0 radical (unpaired) electrons. The van der Waals surface area contributed by atoms with Crippen LogP contribution in [0.1, 0.15) is 41.0 Å². The highest BCUT2D eigenvalue weighted by atomic mass is 16.3. The molecule has 0 aliphatic heterocycles. The Labute approximate surface area is 108 Å². The quantitative estimate of drug-likeness (QED) is 0.651. The van der Waals surface area contributed by atoms with E-state index in [0.29, 0.717) is 5.92 Å². The second kappa shape index (κ2) is 8.06. The summed E-state index contributed by atoms with van der Waals surface area (Å²) in [5, 5.41) is 12.7. The molecule has 0 rings (SSSR count). The Balaban J connectivity index is 4.17. The van der Waals surface area contributed by atoms with E-state index < -0.39 is 0 Å². The van der Waals surface area contributed by atoms with Crippen LogP contribution in [0, 0.1) is 11.3 Å². The van der Waals surface area contributed by atoms with Gasteiger partial charge in [-0.05, 0) is 38.3 Å². The summed E-state index contributed by atoms with van der Waals surface area (Å²) in [4.78, 5) is 2.25. The Morgan fingerprint density at radius 1 is 1.29 bits per heavy atom. The van der Waals surface area contributed by atoms with Gasteiger partial charge in [0.1, 0.15) is 0 Å². The molecular weight excluding hydrogens is 212 g/mol. The summed E-state index contributed by atoms with van der Waals surface area (Å²) >= 11 is 0. The van der Waals surface area contributed by atoms with E-state index >= 15 is 0 Å². The van der Waals surface area contributed by atoms with Gasteiger partial charge < -0.3 is 15.3 Å². The van der Waals surface area contributed by atoms with Crippen LogP contribution in [-0.2, 0) is 0 Å². The van der Waals surface area contributed by atoms with Gasteiger partial charge in [0, 0.05) is 19.1 Å². The van der Waals surface area contributed by atoms with E-state index in [2.05, 4.69) is 51.9 Å². The molecule has 0 amide bonds. The highest BCUT2D eigenvalue weighted by molar-refractivity contribution is 4.80. The maximum Gasteiger partial charge on any atom is 0.0584 e. The summed E-state index contributed by atoms with van der Waals surface area (Å²) < 4.78 is 0. The second-order valence-electron chi connectivity index (χ2n) is 6.14. The zero-order chi connectivity index (χ0) is 13.5. The van der Waals surface area contributed by atoms with Crippen molar-refractivity contribution < 1.29 is 5.11 Å². The smallest absolute Gasteiger partial charge is 0.0584 e. The molecule has 0 spiro atoms. The average molecular weight is 244 g/mol. The fourth-order valence-electron chi connectivity index (χ4n) is 1.85. The molecule has 0 aromatic rings. The first-order valence-corrected chi connectivity index (χ1v) is 6.86. The van der Waals surface area contributed by atoms with Crippen LogP contribution in [0.2, 0.25) is 0 Å². The van der Waals surface area contributed by atoms with Crippen LogP contribution in [0.15, 0.2) is 0 Å². The van der Waals surface area contributed by atoms with Crippen LogP contribution < -0.4 is 5.32 Å². The minimum Gasteiger partial charge on any atom is -0.395 e. The average Bonchev–Trinajstić information content (AvgIpc) is 2.27. The first kappa shape index (κ1) is 16.9. The summed E-state index contributed by atoms with van der Waals surface area (Å²) in [6.45, 7) is 14.5. The van der Waals surface area contributed by atoms with Gasteiger partial charge in [-0.15, -0.1) is 0 Å². The third kappa shape index (κ3) is 7.02. The van der Waals surface area contributed by atoms with Crippen molar-refractivity contribution in [1.82, 2.24) is 10.2 Å². The molecule has 0 saturated carbocycles. The van der Waals surface area contributed by atoms with Crippen LogP contribution in [-0.4, -0.2) is 49.3 Å². The van der Waals surface area contributed by atoms with Crippen molar-refractivity contribution >= 4 is 0 Å². The van der Waals surface area contributed by atoms with Gasteiger partial charge in [0.25, 0.3) is 0 Å². The Bertz CT molecular complexity index is 197. The summed E-state index contributed by atoms with van der Waals surface area (Å²) in [5.41, 5.74) is 0.285. The Kier molecular flexibility index (Phi) is 8.01. The molecule has 2 unspecified atom stereocenters. The maximum absolute atomic E-state index is 9.17. The first-order valence-electron chi connectivity index (χ1n) is 6.86. The second-order valence-corrected chi connectivity index (χ2v) is 6.14. The predicted molar refractivity (Wildman–Crippen MR) is 75.3 cm³/mol. The molecular formula is C14H32N2O. The Morgan fingerprint density at radius 2 is 1.88 bits per heavy atom. The number of nitrogens with one attached hydrogen (secondary N) is 1. The predicted octanol–water partition coefficient (Wildman–Crippen LogP) is 1.96. The lowest BCUT2D eigenvalue weighted by Gasteiger charge is -2.36. The van der Waals surface area contributed by atoms with Gasteiger partial charge in [0.05, 0.1) is 6.61 Å². The molecule has 104 valence electrons. The number of likely N-dealkylation sites (N-methyl/N-ethyl adjacent to an activating group) is 1. The highest BCUT2D eigenvalue weighted by Gasteiger charge is 2.25. The molecule has 0 bridgehead atoms. The van der Waals surface area contributed by atoms with Crippen molar-refractivity contribution in [1.29, 1.82) is 0 Å². The lowest BCUT2D eigenvalue weighted by molar-refractivity contribution is 0.107. The molecule has 2 atom stereocenters. The molecule has 0 aliphatic carbocycles. The molecule has 17 heavy (non-hydrogen) atoms. The SMILES string of the molecule is CCC(C)(CNCC(C)C)CN(C)C(C)CO. The minimum atomic E-state index is 0.232. The lowest BCUT2D eigenvalue weighted by atomic mass is 9.86. The molecule has 3 heteroatoms. The summed E-state index contributed by atoms with van der Waals surface area (Å²) in [6.07, 6.45) is 1.15. The highest BCUT2D eigenvalue weighted by Crippen LogP contribution is 2.22. The van der Waals surface area contributed by atoms with Crippen molar-refractivity contribution in [2.75, 3.05) is 33.3 Å². The summed E-state index contributed by atoms with van der Waals surface area (Å²) in [7, 11) is 2.09. The third-order valence-corrected chi connectivity index (χ3v) is 3.61. The number of hydrogen-bond donors (Lipinski definition) is 2. The largest absolute Gasteiger partial charge is 0.395 e. The Morgan fingerprint density at radius 3 is 2.29 bits per heavy atom. The van der Waals surface area contributed by atoms with Crippen molar-refractivity contribution in [3.05, 3.63) is 0 Å². The third-order valence-electron chi connectivity index (χ3n) is 3.61. The van der Waals surface area contributed by atoms with Gasteiger partial charge in [0.2, 0.25) is 0 Å². The first-order chi connectivity index (χ1) is 7.84. The van der Waals surface area contributed by atoms with Crippen molar-refractivity contribution in [3.63, 3.8) is 0 Å². The maximum atomic E-state index is 9.17. The molecule has 0 aromatic carbocycles. The molecule has 2 N–H and O–H groups in total. The van der Waals surface area contributed by atoms with Crippen LogP contribution in [0.4, 0.5) is 0 Å². The minimum absolute atomic E-state index is 0.232. The van der Waals surface area contributed by atoms with E-state index in [-0.39, 0.29) is 18.1 Å². The van der Waals surface area contributed by atoms with Gasteiger partial charge in [0.15, 0.2) is 0 Å². The van der Waals surface area contributed by atoms with E-state index in [4.69, 9.17) is 5.11 Å². The van der Waals surface area contributed by atoms with Crippen molar-refractivity contribution in [2.45, 2.75) is 47.1 Å². The van der Waals surface area contributed by atoms with Crippen LogP contribution in [0.5, 0.6) is 0 Å². The van der Waals surface area contributed by atoms with Gasteiger partial charge in [-0.1, -0.05) is 27.7 Å². The van der Waals surface area contributed by atoms with E-state index in [1.807, 2.05) is 0 Å². The number of rotatable bonds is 9. The fraction of sp³-hybridized carbons (Fsp3) is 1.00. The van der Waals surface area contributed by atoms with Crippen molar-refractivity contribution in [3.8, 4) is 0 Å².